The van der Waals surface area contributed by atoms with Gasteiger partial charge in [-0.05, 0) is 42.3 Å². The average Bonchev–Trinajstić information content (AvgIpc) is 3.38. The van der Waals surface area contributed by atoms with E-state index >= 15 is 0 Å². The smallest absolute Gasteiger partial charge is 0.262 e. The summed E-state index contributed by atoms with van der Waals surface area (Å²) in [6.07, 6.45) is 1.09. The lowest BCUT2D eigenvalue weighted by Gasteiger charge is -2.38. The molecule has 2 aliphatic heterocycles. The fourth-order valence-corrected chi connectivity index (χ4v) is 4.85. The van der Waals surface area contributed by atoms with Crippen LogP contribution in [0.3, 0.4) is 0 Å². The van der Waals surface area contributed by atoms with Crippen molar-refractivity contribution in [1.29, 1.82) is 0 Å². The molecule has 0 aliphatic carbocycles. The fraction of sp³-hybridized carbons (Fsp3) is 0.435. The molecule has 1 atom stereocenters. The van der Waals surface area contributed by atoms with Crippen LogP contribution in [-0.2, 0) is 9.53 Å². The molecule has 9 heteroatoms. The number of rotatable bonds is 5. The lowest BCUT2D eigenvalue weighted by Crippen LogP contribution is -2.56. The zero-order valence-electron chi connectivity index (χ0n) is 17.7. The number of nitrogens with one attached hydrogen (secondary N) is 1. The Bertz CT molecular complexity index is 954. The van der Waals surface area contributed by atoms with E-state index in [0.717, 1.165) is 0 Å². The van der Waals surface area contributed by atoms with Crippen molar-refractivity contribution in [2.45, 2.75) is 18.9 Å². The second-order valence-electron chi connectivity index (χ2n) is 7.98. The molecule has 2 fully saturated rings. The first-order chi connectivity index (χ1) is 15.5. The molecule has 2 saturated heterocycles. The second-order valence-corrected chi connectivity index (χ2v) is 8.92. The van der Waals surface area contributed by atoms with Crippen molar-refractivity contribution >= 4 is 29.1 Å². The molecule has 0 bridgehead atoms. The van der Waals surface area contributed by atoms with Crippen LogP contribution in [0.1, 0.15) is 32.9 Å². The summed E-state index contributed by atoms with van der Waals surface area (Å²) in [7, 11) is 0. The average molecular weight is 460 g/mol. The summed E-state index contributed by atoms with van der Waals surface area (Å²) in [5.41, 5.74) is 0.0536. The van der Waals surface area contributed by atoms with Crippen molar-refractivity contribution < 1.29 is 23.5 Å². The standard InChI is InChI=1S/C23H26FN3O4S/c24-18-5-2-1-4-17(18)22(29)26-9-7-16(8-10-26)20(23(30)27-11-13-31-14-12-27)25-21(28)19-6-3-15-32-19/h1-6,15-16,20H,7-14H2,(H,25,28)/t20-/m1/s1. The van der Waals surface area contributed by atoms with Crippen LogP contribution >= 0.6 is 11.3 Å². The Morgan fingerprint density at radius 2 is 1.72 bits per heavy atom. The van der Waals surface area contributed by atoms with Crippen molar-refractivity contribution in [2.75, 3.05) is 39.4 Å². The largest absolute Gasteiger partial charge is 0.378 e. The lowest BCUT2D eigenvalue weighted by molar-refractivity contribution is -0.139. The molecule has 4 rings (SSSR count). The molecule has 1 aromatic carbocycles. The Balaban J connectivity index is 1.45. The van der Waals surface area contributed by atoms with E-state index in [1.165, 1.54) is 23.5 Å². The Morgan fingerprint density at radius 1 is 1.00 bits per heavy atom. The molecular formula is C23H26FN3O4S. The summed E-state index contributed by atoms with van der Waals surface area (Å²) in [5, 5.41) is 4.77. The number of morpholine rings is 1. The lowest BCUT2D eigenvalue weighted by atomic mass is 9.88. The molecule has 3 heterocycles. The van der Waals surface area contributed by atoms with Crippen LogP contribution in [0.25, 0.3) is 0 Å². The van der Waals surface area contributed by atoms with E-state index < -0.39 is 11.9 Å². The van der Waals surface area contributed by atoms with Gasteiger partial charge < -0.3 is 19.9 Å². The summed E-state index contributed by atoms with van der Waals surface area (Å²) >= 11 is 1.32. The van der Waals surface area contributed by atoms with Gasteiger partial charge in [0.2, 0.25) is 5.91 Å². The highest BCUT2D eigenvalue weighted by molar-refractivity contribution is 7.12. The van der Waals surface area contributed by atoms with E-state index in [4.69, 9.17) is 4.74 Å². The van der Waals surface area contributed by atoms with Crippen molar-refractivity contribution in [3.63, 3.8) is 0 Å². The maximum Gasteiger partial charge on any atom is 0.262 e. The molecular weight excluding hydrogens is 433 g/mol. The SMILES string of the molecule is O=C(N[C@@H](C(=O)N1CCOCC1)C1CCN(C(=O)c2ccccc2F)CC1)c1cccs1. The second kappa shape index (κ2) is 10.2. The minimum Gasteiger partial charge on any atom is -0.378 e. The maximum atomic E-state index is 14.0. The zero-order chi connectivity index (χ0) is 22.5. The van der Waals surface area contributed by atoms with Crippen LogP contribution in [0.5, 0.6) is 0 Å². The first-order valence-corrected chi connectivity index (χ1v) is 11.7. The molecule has 2 aromatic rings. The predicted molar refractivity (Wildman–Crippen MR) is 118 cm³/mol. The number of benzene rings is 1. The first kappa shape index (κ1) is 22.4. The summed E-state index contributed by atoms with van der Waals surface area (Å²) in [6, 6.07) is 8.80. The number of carbonyl (C=O) groups excluding carboxylic acids is 3. The molecule has 32 heavy (non-hydrogen) atoms. The van der Waals surface area contributed by atoms with Gasteiger partial charge in [0, 0.05) is 26.2 Å². The van der Waals surface area contributed by atoms with E-state index in [2.05, 4.69) is 5.32 Å². The topological polar surface area (TPSA) is 79.0 Å². The first-order valence-electron chi connectivity index (χ1n) is 10.8. The molecule has 1 N–H and O–H groups in total. The van der Waals surface area contributed by atoms with Gasteiger partial charge in [-0.2, -0.15) is 0 Å². The van der Waals surface area contributed by atoms with Crippen molar-refractivity contribution in [1.82, 2.24) is 15.1 Å². The number of ether oxygens (including phenoxy) is 1. The van der Waals surface area contributed by atoms with Gasteiger partial charge in [-0.15, -0.1) is 11.3 Å². The van der Waals surface area contributed by atoms with Crippen molar-refractivity contribution in [3.8, 4) is 0 Å². The number of hydrogen-bond acceptors (Lipinski definition) is 5. The molecule has 170 valence electrons. The van der Waals surface area contributed by atoms with Crippen LogP contribution < -0.4 is 5.32 Å². The highest BCUT2D eigenvalue weighted by atomic mass is 32.1. The van der Waals surface area contributed by atoms with Gasteiger partial charge >= 0.3 is 0 Å². The number of nitrogens with zero attached hydrogens (tertiary/aromatic N) is 2. The molecule has 0 spiro atoms. The number of halogens is 1. The van der Waals surface area contributed by atoms with Gasteiger partial charge in [-0.1, -0.05) is 18.2 Å². The highest BCUT2D eigenvalue weighted by Gasteiger charge is 2.37. The van der Waals surface area contributed by atoms with Crippen LogP contribution in [-0.4, -0.2) is 73.0 Å². The third-order valence-corrected chi connectivity index (χ3v) is 6.89. The zero-order valence-corrected chi connectivity index (χ0v) is 18.5. The van der Waals surface area contributed by atoms with Crippen molar-refractivity contribution in [3.05, 3.63) is 58.0 Å². The van der Waals surface area contributed by atoms with E-state index in [9.17, 15) is 18.8 Å². The quantitative estimate of drug-likeness (QED) is 0.745. The predicted octanol–water partition coefficient (Wildman–Crippen LogP) is 2.40. The van der Waals surface area contributed by atoms with Crippen LogP contribution in [0, 0.1) is 11.7 Å². The molecule has 0 radical (unpaired) electrons. The van der Waals surface area contributed by atoms with Gasteiger partial charge in [-0.25, -0.2) is 4.39 Å². The summed E-state index contributed by atoms with van der Waals surface area (Å²) in [6.45, 7) is 2.75. The van der Waals surface area contributed by atoms with Gasteiger partial charge in [0.25, 0.3) is 11.8 Å². The van der Waals surface area contributed by atoms with E-state index in [0.29, 0.717) is 57.1 Å². The number of likely N-dealkylation sites (tertiary alicyclic amines) is 1. The number of thiophene rings is 1. The van der Waals surface area contributed by atoms with E-state index in [1.54, 1.807) is 34.1 Å². The Hall–Kier alpha value is -2.78. The van der Waals surface area contributed by atoms with E-state index in [1.807, 2.05) is 5.38 Å². The van der Waals surface area contributed by atoms with Crippen LogP contribution in [0.2, 0.25) is 0 Å². The Labute approximate surface area is 190 Å². The number of piperidine rings is 1. The van der Waals surface area contributed by atoms with Gasteiger partial charge in [0.05, 0.1) is 23.7 Å². The molecule has 1 aromatic heterocycles. The number of hydrogen-bond donors (Lipinski definition) is 1. The minimum absolute atomic E-state index is 0.0536. The third kappa shape index (κ3) is 4.99. The van der Waals surface area contributed by atoms with Gasteiger partial charge in [0.1, 0.15) is 11.9 Å². The number of amides is 3. The molecule has 0 saturated carbocycles. The summed E-state index contributed by atoms with van der Waals surface area (Å²) < 4.78 is 19.4. The third-order valence-electron chi connectivity index (χ3n) is 6.02. The van der Waals surface area contributed by atoms with Gasteiger partial charge in [0.15, 0.2) is 0 Å². The fourth-order valence-electron chi connectivity index (χ4n) is 4.22. The Morgan fingerprint density at radius 3 is 2.38 bits per heavy atom. The van der Waals surface area contributed by atoms with Crippen molar-refractivity contribution in [2.24, 2.45) is 5.92 Å². The van der Waals surface area contributed by atoms with Gasteiger partial charge in [-0.3, -0.25) is 14.4 Å². The van der Waals surface area contributed by atoms with E-state index in [-0.39, 0.29) is 29.2 Å². The monoisotopic (exact) mass is 459 g/mol. The molecule has 3 amide bonds. The Kier molecular flexibility index (Phi) is 7.16. The van der Waals surface area contributed by atoms with Crippen LogP contribution in [0.15, 0.2) is 41.8 Å². The minimum atomic E-state index is -0.673. The summed E-state index contributed by atoms with van der Waals surface area (Å²) in [4.78, 5) is 42.7. The molecule has 0 unspecified atom stereocenters. The highest BCUT2D eigenvalue weighted by Crippen LogP contribution is 2.25. The molecule has 2 aliphatic rings. The molecule has 7 nitrogen and oxygen atoms in total. The summed E-state index contributed by atoms with van der Waals surface area (Å²) in [5.74, 6) is -1.38. The maximum absolute atomic E-state index is 14.0. The normalized spacial score (nSPS) is 18.3. The van der Waals surface area contributed by atoms with Crippen LogP contribution in [0.4, 0.5) is 4.39 Å². The number of carbonyl (C=O) groups is 3.